The molecule has 7 nitrogen and oxygen atoms in total. The third kappa shape index (κ3) is 4.32. The summed E-state index contributed by atoms with van der Waals surface area (Å²) in [6.45, 7) is 1.47. The number of hydrogen-bond donors (Lipinski definition) is 3. The first-order valence-corrected chi connectivity index (χ1v) is 7.37. The largest absolute Gasteiger partial charge is 0.547 e. The number of aromatic carboxylic acids is 1. The van der Waals surface area contributed by atoms with E-state index in [1.807, 2.05) is 0 Å². The van der Waals surface area contributed by atoms with E-state index in [0.717, 1.165) is 0 Å². The fourth-order valence-electron chi connectivity index (χ4n) is 2.49. The molecule has 1 aliphatic heterocycles. The molecule has 2 rings (SSSR count). The smallest absolute Gasteiger partial charge is 0.534 e. The van der Waals surface area contributed by atoms with E-state index in [1.54, 1.807) is 12.1 Å². The van der Waals surface area contributed by atoms with Gasteiger partial charge in [0.1, 0.15) is 11.5 Å². The number of Topliss-reactive ketones (excluding diaryl/α,β-unsaturated/α-hetero) is 1. The van der Waals surface area contributed by atoms with Crippen LogP contribution in [0.2, 0.25) is 0 Å². The van der Waals surface area contributed by atoms with Crippen LogP contribution in [0.5, 0.6) is 5.75 Å². The first-order valence-electron chi connectivity index (χ1n) is 7.37. The van der Waals surface area contributed by atoms with Gasteiger partial charge in [0.05, 0.1) is 11.5 Å². The van der Waals surface area contributed by atoms with Crippen molar-refractivity contribution in [2.75, 3.05) is 0 Å². The van der Waals surface area contributed by atoms with Crippen LogP contribution in [0.15, 0.2) is 18.2 Å². The molecule has 8 heteroatoms. The quantitative estimate of drug-likeness (QED) is 0.661. The molecule has 1 heterocycles. The summed E-state index contributed by atoms with van der Waals surface area (Å²) < 4.78 is 5.29. The number of hydrogen-bond acceptors (Lipinski definition) is 5. The van der Waals surface area contributed by atoms with Gasteiger partial charge in [0, 0.05) is 12.8 Å². The molecule has 1 atom stereocenters. The third-order valence-electron chi connectivity index (χ3n) is 3.63. The van der Waals surface area contributed by atoms with Crippen molar-refractivity contribution in [2.24, 2.45) is 0 Å². The number of nitrogens with one attached hydrogen (secondary N) is 1. The van der Waals surface area contributed by atoms with E-state index in [4.69, 9.17) is 9.76 Å². The van der Waals surface area contributed by atoms with Gasteiger partial charge in [-0.25, -0.2) is 4.79 Å². The van der Waals surface area contributed by atoms with Crippen LogP contribution in [0, 0.1) is 0 Å². The lowest BCUT2D eigenvalue weighted by molar-refractivity contribution is -0.121. The van der Waals surface area contributed by atoms with E-state index in [9.17, 15) is 19.4 Å². The van der Waals surface area contributed by atoms with Crippen LogP contribution in [0.3, 0.4) is 0 Å². The molecule has 23 heavy (non-hydrogen) atoms. The third-order valence-corrected chi connectivity index (χ3v) is 3.63. The molecular formula is C15H18BNO6. The fourth-order valence-corrected chi connectivity index (χ4v) is 2.49. The molecule has 1 unspecified atom stereocenters. The van der Waals surface area contributed by atoms with Gasteiger partial charge in [-0.3, -0.25) is 4.79 Å². The Morgan fingerprint density at radius 1 is 1.35 bits per heavy atom. The van der Waals surface area contributed by atoms with Gasteiger partial charge in [0.15, 0.2) is 0 Å². The molecule has 1 aliphatic rings. The molecule has 122 valence electrons. The molecule has 0 radical (unpaired) electrons. The Morgan fingerprint density at radius 3 is 2.74 bits per heavy atom. The van der Waals surface area contributed by atoms with Gasteiger partial charge in [-0.1, -0.05) is 12.1 Å². The minimum Gasteiger partial charge on any atom is -0.534 e. The zero-order chi connectivity index (χ0) is 17.0. The molecule has 0 saturated carbocycles. The zero-order valence-corrected chi connectivity index (χ0v) is 12.7. The number of fused-ring (bicyclic) bond motifs is 1. The van der Waals surface area contributed by atoms with Crippen LogP contribution >= 0.6 is 0 Å². The molecule has 0 fully saturated rings. The molecule has 1 aromatic carbocycles. The Labute approximate surface area is 133 Å². The first kappa shape index (κ1) is 17.0. The summed E-state index contributed by atoms with van der Waals surface area (Å²) in [5, 5.41) is 21.8. The maximum Gasteiger partial charge on any atom is 0.547 e. The number of carboxylic acids is 1. The van der Waals surface area contributed by atoms with Gasteiger partial charge in [-0.05, 0) is 31.4 Å². The van der Waals surface area contributed by atoms with E-state index in [0.29, 0.717) is 18.4 Å². The minimum atomic E-state index is -1.32. The van der Waals surface area contributed by atoms with Crippen molar-refractivity contribution < 1.29 is 29.2 Å². The van der Waals surface area contributed by atoms with Crippen molar-refractivity contribution in [3.05, 3.63) is 29.3 Å². The van der Waals surface area contributed by atoms with Crippen LogP contribution in [0.4, 0.5) is 0 Å². The SMILES string of the molecule is CC(=O)CCCC(=O)NC1Cc2cccc(C(=O)O)c2OB1O. The van der Waals surface area contributed by atoms with E-state index >= 15 is 0 Å². The van der Waals surface area contributed by atoms with E-state index in [-0.39, 0.29) is 35.8 Å². The van der Waals surface area contributed by atoms with Crippen LogP contribution < -0.4 is 9.97 Å². The molecular weight excluding hydrogens is 301 g/mol. The van der Waals surface area contributed by atoms with Gasteiger partial charge >= 0.3 is 13.1 Å². The maximum atomic E-state index is 11.8. The number of ketones is 1. The summed E-state index contributed by atoms with van der Waals surface area (Å²) in [4.78, 5) is 33.8. The molecule has 0 bridgehead atoms. The lowest BCUT2D eigenvalue weighted by Gasteiger charge is -2.28. The maximum absolute atomic E-state index is 11.8. The van der Waals surface area contributed by atoms with Gasteiger partial charge in [-0.15, -0.1) is 0 Å². The second-order valence-electron chi connectivity index (χ2n) is 5.54. The second-order valence-corrected chi connectivity index (χ2v) is 5.54. The molecule has 0 aromatic heterocycles. The van der Waals surface area contributed by atoms with Crippen molar-refractivity contribution >= 4 is 24.8 Å². The Morgan fingerprint density at radius 2 is 2.09 bits per heavy atom. The first-order chi connectivity index (χ1) is 10.9. The van der Waals surface area contributed by atoms with Gasteiger partial charge in [0.2, 0.25) is 5.91 Å². The lowest BCUT2D eigenvalue weighted by atomic mass is 9.72. The second kappa shape index (κ2) is 7.28. The number of rotatable bonds is 6. The predicted octanol–water partition coefficient (Wildman–Crippen LogP) is 0.584. The van der Waals surface area contributed by atoms with Gasteiger partial charge in [0.25, 0.3) is 0 Å². The van der Waals surface area contributed by atoms with Crippen molar-refractivity contribution in [3.63, 3.8) is 0 Å². The molecule has 0 saturated heterocycles. The normalized spacial score (nSPS) is 16.3. The number of carbonyl (C=O) groups excluding carboxylic acids is 2. The average molecular weight is 319 g/mol. The van der Waals surface area contributed by atoms with Gasteiger partial charge < -0.3 is 24.9 Å². The highest BCUT2D eigenvalue weighted by molar-refractivity contribution is 6.47. The highest BCUT2D eigenvalue weighted by Crippen LogP contribution is 2.30. The number of carboxylic acid groups (broad SMARTS) is 1. The number of para-hydroxylation sites is 1. The monoisotopic (exact) mass is 319 g/mol. The Hall–Kier alpha value is -2.35. The summed E-state index contributed by atoms with van der Waals surface area (Å²) in [6, 6.07) is 4.69. The van der Waals surface area contributed by atoms with E-state index < -0.39 is 19.0 Å². The average Bonchev–Trinajstić information content (AvgIpc) is 2.46. The Balaban J connectivity index is 2.01. The Kier molecular flexibility index (Phi) is 5.38. The fraction of sp³-hybridized carbons (Fsp3) is 0.400. The standard InChI is InChI=1S/C15H18BNO6/c1-9(18)4-2-7-13(19)17-12-8-10-5-3-6-11(15(20)21)14(10)23-16(12)22/h3,5-6,12,22H,2,4,7-8H2,1H3,(H,17,19)(H,20,21). The molecule has 1 amide bonds. The van der Waals surface area contributed by atoms with Crippen molar-refractivity contribution in [3.8, 4) is 5.75 Å². The number of amides is 1. The predicted molar refractivity (Wildman–Crippen MR) is 82.2 cm³/mol. The zero-order valence-electron chi connectivity index (χ0n) is 12.7. The Bertz CT molecular complexity index is 632. The molecule has 0 spiro atoms. The number of benzene rings is 1. The van der Waals surface area contributed by atoms with Crippen LogP contribution in [0.25, 0.3) is 0 Å². The highest BCUT2D eigenvalue weighted by atomic mass is 16.5. The molecule has 3 N–H and O–H groups in total. The van der Waals surface area contributed by atoms with E-state index in [2.05, 4.69) is 5.32 Å². The molecule has 0 aliphatic carbocycles. The van der Waals surface area contributed by atoms with Crippen LogP contribution in [-0.4, -0.2) is 40.8 Å². The number of carbonyl (C=O) groups is 3. The summed E-state index contributed by atoms with van der Waals surface area (Å²) in [5.74, 6) is -1.92. The van der Waals surface area contributed by atoms with Gasteiger partial charge in [-0.2, -0.15) is 0 Å². The summed E-state index contributed by atoms with van der Waals surface area (Å²) in [5.41, 5.74) is 0.594. The van der Waals surface area contributed by atoms with Crippen molar-refractivity contribution in [1.82, 2.24) is 5.32 Å². The molecule has 1 aromatic rings. The summed E-state index contributed by atoms with van der Waals surface area (Å²) in [6.07, 6.45) is 1.24. The highest BCUT2D eigenvalue weighted by Gasteiger charge is 2.37. The summed E-state index contributed by atoms with van der Waals surface area (Å²) in [7, 11) is -1.32. The summed E-state index contributed by atoms with van der Waals surface area (Å²) >= 11 is 0. The lowest BCUT2D eigenvalue weighted by Crippen LogP contribution is -2.53. The van der Waals surface area contributed by atoms with Crippen molar-refractivity contribution in [2.45, 2.75) is 38.5 Å². The van der Waals surface area contributed by atoms with Crippen LogP contribution in [0.1, 0.15) is 42.1 Å². The van der Waals surface area contributed by atoms with Crippen molar-refractivity contribution in [1.29, 1.82) is 0 Å². The van der Waals surface area contributed by atoms with Crippen LogP contribution in [-0.2, 0) is 16.0 Å². The van der Waals surface area contributed by atoms with E-state index in [1.165, 1.54) is 13.0 Å². The topological polar surface area (TPSA) is 113 Å². The minimum absolute atomic E-state index is 0.0206.